The fourth-order valence-corrected chi connectivity index (χ4v) is 1.57. The van der Waals surface area contributed by atoms with E-state index in [0.717, 1.165) is 17.2 Å². The van der Waals surface area contributed by atoms with Crippen LogP contribution in [0.25, 0.3) is 5.57 Å². The fourth-order valence-electron chi connectivity index (χ4n) is 1.57. The normalized spacial score (nSPS) is 16.9. The first-order chi connectivity index (χ1) is 6.81. The summed E-state index contributed by atoms with van der Waals surface area (Å²) in [6.07, 6.45) is 6.28. The van der Waals surface area contributed by atoms with Gasteiger partial charge in [-0.05, 0) is 43.4 Å². The van der Waals surface area contributed by atoms with Crippen LogP contribution in [-0.2, 0) is 4.74 Å². The zero-order chi connectivity index (χ0) is 9.97. The van der Waals surface area contributed by atoms with E-state index in [-0.39, 0.29) is 0 Å². The van der Waals surface area contributed by atoms with Crippen LogP contribution in [0.4, 0.5) is 0 Å². The lowest BCUT2D eigenvalue weighted by Crippen LogP contribution is -1.89. The van der Waals surface area contributed by atoms with Crippen molar-refractivity contribution < 1.29 is 4.74 Å². The van der Waals surface area contributed by atoms with Gasteiger partial charge in [0.1, 0.15) is 0 Å². The molecule has 1 aromatic heterocycles. The van der Waals surface area contributed by atoms with Crippen molar-refractivity contribution in [2.75, 3.05) is 7.11 Å². The molecule has 0 atom stereocenters. The van der Waals surface area contributed by atoms with Crippen LogP contribution >= 0.6 is 0 Å². The van der Waals surface area contributed by atoms with Crippen molar-refractivity contribution in [1.82, 2.24) is 4.98 Å². The van der Waals surface area contributed by atoms with Crippen LogP contribution in [0.2, 0.25) is 0 Å². The second-order valence-corrected chi connectivity index (χ2v) is 3.79. The minimum absolute atomic E-state index is 0.784. The molecular formula is C12H15NO. The summed E-state index contributed by atoms with van der Waals surface area (Å²) < 4.78 is 4.97. The second kappa shape index (κ2) is 3.82. The Morgan fingerprint density at radius 1 is 1.57 bits per heavy atom. The quantitative estimate of drug-likeness (QED) is 0.682. The van der Waals surface area contributed by atoms with Gasteiger partial charge < -0.3 is 4.74 Å². The first-order valence-corrected chi connectivity index (χ1v) is 4.97. The Bertz CT molecular complexity index is 353. The summed E-state index contributed by atoms with van der Waals surface area (Å²) >= 11 is 0. The van der Waals surface area contributed by atoms with Crippen LogP contribution < -0.4 is 0 Å². The SMILES string of the molecule is CO/C=C(/C)c1cc(C2CC2)ccn1. The lowest BCUT2D eigenvalue weighted by molar-refractivity contribution is 0.339. The molecule has 2 heteroatoms. The van der Waals surface area contributed by atoms with Crippen molar-refractivity contribution in [2.45, 2.75) is 25.7 Å². The fraction of sp³-hybridized carbons (Fsp3) is 0.417. The van der Waals surface area contributed by atoms with E-state index in [2.05, 4.69) is 17.1 Å². The van der Waals surface area contributed by atoms with E-state index in [1.54, 1.807) is 13.4 Å². The molecular weight excluding hydrogens is 174 g/mol. The summed E-state index contributed by atoms with van der Waals surface area (Å²) in [4.78, 5) is 4.32. The number of allylic oxidation sites excluding steroid dienone is 1. The molecule has 74 valence electrons. The van der Waals surface area contributed by atoms with E-state index in [1.807, 2.05) is 13.1 Å². The highest BCUT2D eigenvalue weighted by Gasteiger charge is 2.23. The van der Waals surface area contributed by atoms with Crippen LogP contribution in [0.5, 0.6) is 0 Å². The van der Waals surface area contributed by atoms with Crippen molar-refractivity contribution in [3.63, 3.8) is 0 Å². The molecule has 0 N–H and O–H groups in total. The Balaban J connectivity index is 2.25. The Kier molecular flexibility index (Phi) is 2.53. The van der Waals surface area contributed by atoms with Gasteiger partial charge in [-0.25, -0.2) is 0 Å². The Morgan fingerprint density at radius 2 is 2.36 bits per heavy atom. The number of rotatable bonds is 3. The van der Waals surface area contributed by atoms with Crippen molar-refractivity contribution in [1.29, 1.82) is 0 Å². The summed E-state index contributed by atoms with van der Waals surface area (Å²) in [5, 5.41) is 0. The molecule has 0 radical (unpaired) electrons. The zero-order valence-corrected chi connectivity index (χ0v) is 8.66. The molecule has 0 bridgehead atoms. The molecule has 0 saturated heterocycles. The van der Waals surface area contributed by atoms with Gasteiger partial charge in [-0.15, -0.1) is 0 Å². The second-order valence-electron chi connectivity index (χ2n) is 3.79. The average molecular weight is 189 g/mol. The number of nitrogens with zero attached hydrogens (tertiary/aromatic N) is 1. The molecule has 0 amide bonds. The highest BCUT2D eigenvalue weighted by atomic mass is 16.5. The number of pyridine rings is 1. The number of hydrogen-bond donors (Lipinski definition) is 0. The largest absolute Gasteiger partial charge is 0.504 e. The van der Waals surface area contributed by atoms with Crippen LogP contribution in [-0.4, -0.2) is 12.1 Å². The Morgan fingerprint density at radius 3 is 3.00 bits per heavy atom. The predicted molar refractivity (Wildman–Crippen MR) is 56.9 cm³/mol. The van der Waals surface area contributed by atoms with Gasteiger partial charge in [0.05, 0.1) is 19.1 Å². The third kappa shape index (κ3) is 1.95. The predicted octanol–water partition coefficient (Wildman–Crippen LogP) is 2.97. The maximum Gasteiger partial charge on any atom is 0.0875 e. The van der Waals surface area contributed by atoms with Gasteiger partial charge in [-0.1, -0.05) is 0 Å². The maximum absolute atomic E-state index is 4.97. The van der Waals surface area contributed by atoms with E-state index in [4.69, 9.17) is 4.74 Å². The van der Waals surface area contributed by atoms with Crippen molar-refractivity contribution in [2.24, 2.45) is 0 Å². The molecule has 1 heterocycles. The van der Waals surface area contributed by atoms with Gasteiger partial charge in [0, 0.05) is 11.8 Å². The van der Waals surface area contributed by atoms with Crippen molar-refractivity contribution in [3.05, 3.63) is 35.8 Å². The summed E-state index contributed by atoms with van der Waals surface area (Å²) in [5.74, 6) is 0.784. The topological polar surface area (TPSA) is 22.1 Å². The molecule has 0 unspecified atom stereocenters. The van der Waals surface area contributed by atoms with E-state index < -0.39 is 0 Å². The summed E-state index contributed by atoms with van der Waals surface area (Å²) in [5.41, 5.74) is 3.52. The Hall–Kier alpha value is -1.31. The molecule has 0 aliphatic heterocycles. The van der Waals surface area contributed by atoms with Crippen LogP contribution in [0.1, 0.15) is 36.9 Å². The van der Waals surface area contributed by atoms with Crippen LogP contribution in [0.3, 0.4) is 0 Å². The average Bonchev–Trinajstić information content (AvgIpc) is 3.02. The third-order valence-electron chi connectivity index (χ3n) is 2.53. The molecule has 14 heavy (non-hydrogen) atoms. The lowest BCUT2D eigenvalue weighted by atomic mass is 10.1. The van der Waals surface area contributed by atoms with E-state index in [9.17, 15) is 0 Å². The van der Waals surface area contributed by atoms with Crippen molar-refractivity contribution >= 4 is 5.57 Å². The molecule has 1 saturated carbocycles. The number of methoxy groups -OCH3 is 1. The van der Waals surface area contributed by atoms with Gasteiger partial charge in [0.15, 0.2) is 0 Å². The van der Waals surface area contributed by atoms with Crippen LogP contribution in [0, 0.1) is 0 Å². The summed E-state index contributed by atoms with van der Waals surface area (Å²) in [6.45, 7) is 2.02. The first kappa shape index (κ1) is 9.25. The van der Waals surface area contributed by atoms with Crippen molar-refractivity contribution in [3.8, 4) is 0 Å². The summed E-state index contributed by atoms with van der Waals surface area (Å²) in [6, 6.07) is 4.28. The number of hydrogen-bond acceptors (Lipinski definition) is 2. The minimum atomic E-state index is 0.784. The van der Waals surface area contributed by atoms with Gasteiger partial charge in [-0.2, -0.15) is 0 Å². The Labute approximate surface area is 84.6 Å². The monoisotopic (exact) mass is 189 g/mol. The molecule has 1 aliphatic carbocycles. The van der Waals surface area contributed by atoms with Crippen LogP contribution in [0.15, 0.2) is 24.6 Å². The molecule has 0 spiro atoms. The number of ether oxygens (including phenoxy) is 1. The van der Waals surface area contributed by atoms with E-state index >= 15 is 0 Å². The number of aromatic nitrogens is 1. The van der Waals surface area contributed by atoms with Gasteiger partial charge >= 0.3 is 0 Å². The minimum Gasteiger partial charge on any atom is -0.504 e. The lowest BCUT2D eigenvalue weighted by Gasteiger charge is -2.03. The third-order valence-corrected chi connectivity index (χ3v) is 2.53. The smallest absolute Gasteiger partial charge is 0.0875 e. The van der Waals surface area contributed by atoms with E-state index in [1.165, 1.54) is 18.4 Å². The maximum atomic E-state index is 4.97. The van der Waals surface area contributed by atoms with Gasteiger partial charge in [0.25, 0.3) is 0 Å². The highest BCUT2D eigenvalue weighted by molar-refractivity contribution is 5.59. The first-order valence-electron chi connectivity index (χ1n) is 4.97. The molecule has 2 nitrogen and oxygen atoms in total. The summed E-state index contributed by atoms with van der Waals surface area (Å²) in [7, 11) is 1.66. The standard InChI is InChI=1S/C12H15NO/c1-9(8-14-2)12-7-11(5-6-13-12)10-3-4-10/h5-8,10H,3-4H2,1-2H3/b9-8-. The molecule has 1 fully saturated rings. The van der Waals surface area contributed by atoms with E-state index in [0.29, 0.717) is 0 Å². The van der Waals surface area contributed by atoms with Gasteiger partial charge in [0.2, 0.25) is 0 Å². The highest BCUT2D eigenvalue weighted by Crippen LogP contribution is 2.40. The molecule has 1 aliphatic rings. The molecule has 1 aromatic rings. The zero-order valence-electron chi connectivity index (χ0n) is 8.66. The molecule has 0 aromatic carbocycles. The van der Waals surface area contributed by atoms with Gasteiger partial charge in [-0.3, -0.25) is 4.98 Å². The molecule has 2 rings (SSSR count).